The van der Waals surface area contributed by atoms with Crippen LogP contribution in [0.1, 0.15) is 45.7 Å². The van der Waals surface area contributed by atoms with Gasteiger partial charge in [-0.1, -0.05) is 18.2 Å². The minimum absolute atomic E-state index is 0.00153. The highest BCUT2D eigenvalue weighted by molar-refractivity contribution is 5.80. The fourth-order valence-corrected chi connectivity index (χ4v) is 3.14. The Labute approximate surface area is 149 Å². The number of nitrogens with zero attached hydrogens (tertiary/aromatic N) is 1. The minimum Gasteiger partial charge on any atom is -0.494 e. The molecule has 0 aliphatic carbocycles. The van der Waals surface area contributed by atoms with Gasteiger partial charge in [-0.05, 0) is 26.8 Å². The van der Waals surface area contributed by atoms with Gasteiger partial charge in [0.15, 0.2) is 0 Å². The van der Waals surface area contributed by atoms with E-state index in [-0.39, 0.29) is 23.8 Å². The van der Waals surface area contributed by atoms with Crippen LogP contribution in [0.15, 0.2) is 24.3 Å². The van der Waals surface area contributed by atoms with Crippen LogP contribution >= 0.6 is 0 Å². The lowest BCUT2D eigenvalue weighted by molar-refractivity contribution is -0.147. The number of para-hydroxylation sites is 1. The summed E-state index contributed by atoms with van der Waals surface area (Å²) in [6.07, 6.45) is 0.188. The van der Waals surface area contributed by atoms with Crippen molar-refractivity contribution < 1.29 is 19.1 Å². The van der Waals surface area contributed by atoms with Crippen molar-refractivity contribution in [3.05, 3.63) is 29.8 Å². The van der Waals surface area contributed by atoms with Crippen LogP contribution in [0.25, 0.3) is 0 Å². The van der Waals surface area contributed by atoms with E-state index in [2.05, 4.69) is 5.32 Å². The Bertz CT molecular complexity index is 615. The van der Waals surface area contributed by atoms with Gasteiger partial charge in [0, 0.05) is 19.0 Å². The highest BCUT2D eigenvalue weighted by Crippen LogP contribution is 2.29. The monoisotopic (exact) mass is 348 g/mol. The molecule has 6 nitrogen and oxygen atoms in total. The Morgan fingerprint density at radius 1 is 1.36 bits per heavy atom. The molecule has 2 rings (SSSR count). The van der Waals surface area contributed by atoms with Gasteiger partial charge in [-0.15, -0.1) is 0 Å². The molecule has 0 unspecified atom stereocenters. The minimum atomic E-state index is -0.425. The number of benzene rings is 1. The molecular formula is C19H28N2O4. The fraction of sp³-hybridized carbons (Fsp3) is 0.579. The Hall–Kier alpha value is -2.08. The van der Waals surface area contributed by atoms with E-state index in [1.165, 1.54) is 6.92 Å². The zero-order valence-electron chi connectivity index (χ0n) is 15.5. The van der Waals surface area contributed by atoms with Gasteiger partial charge in [0.1, 0.15) is 5.75 Å². The second-order valence-corrected chi connectivity index (χ2v) is 6.84. The predicted octanol–water partition coefficient (Wildman–Crippen LogP) is 2.29. The molecule has 138 valence electrons. The largest absolute Gasteiger partial charge is 0.494 e. The summed E-state index contributed by atoms with van der Waals surface area (Å²) in [7, 11) is 0. The van der Waals surface area contributed by atoms with Crippen LogP contribution in [0.4, 0.5) is 0 Å². The van der Waals surface area contributed by atoms with Crippen molar-refractivity contribution in [2.45, 2.75) is 45.7 Å². The number of amides is 2. The lowest BCUT2D eigenvalue weighted by atomic mass is 9.98. The van der Waals surface area contributed by atoms with Crippen molar-refractivity contribution >= 4 is 11.8 Å². The molecule has 1 heterocycles. The van der Waals surface area contributed by atoms with Crippen molar-refractivity contribution in [1.82, 2.24) is 10.2 Å². The Morgan fingerprint density at radius 3 is 2.72 bits per heavy atom. The summed E-state index contributed by atoms with van der Waals surface area (Å²) in [5, 5.41) is 2.89. The Kier molecular flexibility index (Phi) is 6.42. The zero-order chi connectivity index (χ0) is 18.4. The maximum atomic E-state index is 12.9. The van der Waals surface area contributed by atoms with Gasteiger partial charge in [-0.3, -0.25) is 9.59 Å². The molecule has 1 aromatic carbocycles. The number of ether oxygens (including phenoxy) is 2. The van der Waals surface area contributed by atoms with Crippen molar-refractivity contribution in [2.24, 2.45) is 0 Å². The highest BCUT2D eigenvalue weighted by Gasteiger charge is 2.35. The van der Waals surface area contributed by atoms with Crippen molar-refractivity contribution in [3.63, 3.8) is 0 Å². The molecule has 0 saturated carbocycles. The SMILES string of the molecule is CCOc1ccccc1[C@H](CC(=O)N1CCOCC1(C)C)NC(C)=O. The molecule has 0 bridgehead atoms. The average molecular weight is 348 g/mol. The quantitative estimate of drug-likeness (QED) is 0.856. The molecule has 1 aliphatic rings. The number of hydrogen-bond donors (Lipinski definition) is 1. The molecule has 1 fully saturated rings. The lowest BCUT2D eigenvalue weighted by Crippen LogP contribution is -2.56. The second-order valence-electron chi connectivity index (χ2n) is 6.84. The topological polar surface area (TPSA) is 67.9 Å². The van der Waals surface area contributed by atoms with Gasteiger partial charge >= 0.3 is 0 Å². The van der Waals surface area contributed by atoms with Crippen LogP contribution in [0, 0.1) is 0 Å². The van der Waals surface area contributed by atoms with Gasteiger partial charge in [-0.2, -0.15) is 0 Å². The molecule has 0 spiro atoms. The molecule has 1 aromatic rings. The second kappa shape index (κ2) is 8.34. The third-order valence-corrected chi connectivity index (χ3v) is 4.30. The first-order chi connectivity index (χ1) is 11.8. The molecule has 2 amide bonds. The standard InChI is InChI=1S/C19H28N2O4/c1-5-25-17-9-7-6-8-15(17)16(20-14(2)22)12-18(23)21-10-11-24-13-19(21,3)4/h6-9,16H,5,10-13H2,1-4H3,(H,20,22)/t16-/m0/s1. The van der Waals surface area contributed by atoms with E-state index in [9.17, 15) is 9.59 Å². The highest BCUT2D eigenvalue weighted by atomic mass is 16.5. The Balaban J connectivity index is 2.23. The summed E-state index contributed by atoms with van der Waals surface area (Å²) in [4.78, 5) is 26.5. The number of hydrogen-bond acceptors (Lipinski definition) is 4. The number of carbonyl (C=O) groups is 2. The van der Waals surface area contributed by atoms with Crippen molar-refractivity contribution in [2.75, 3.05) is 26.4 Å². The van der Waals surface area contributed by atoms with Crippen LogP contribution < -0.4 is 10.1 Å². The van der Waals surface area contributed by atoms with Crippen LogP contribution in [0.2, 0.25) is 0 Å². The number of carbonyl (C=O) groups excluding carboxylic acids is 2. The first kappa shape index (κ1) is 19.2. The van der Waals surface area contributed by atoms with Gasteiger partial charge in [-0.25, -0.2) is 0 Å². The van der Waals surface area contributed by atoms with E-state index in [1.54, 1.807) is 0 Å². The van der Waals surface area contributed by atoms with E-state index in [0.29, 0.717) is 32.1 Å². The van der Waals surface area contributed by atoms with Gasteiger partial charge in [0.2, 0.25) is 11.8 Å². The smallest absolute Gasteiger partial charge is 0.225 e. The number of rotatable bonds is 6. The third kappa shape index (κ3) is 4.95. The summed E-state index contributed by atoms with van der Waals surface area (Å²) in [6, 6.07) is 7.09. The fourth-order valence-electron chi connectivity index (χ4n) is 3.14. The predicted molar refractivity (Wildman–Crippen MR) is 95.4 cm³/mol. The van der Waals surface area contributed by atoms with E-state index in [1.807, 2.05) is 49.9 Å². The molecular weight excluding hydrogens is 320 g/mol. The molecule has 1 N–H and O–H groups in total. The van der Waals surface area contributed by atoms with E-state index in [0.717, 1.165) is 5.56 Å². The average Bonchev–Trinajstić information content (AvgIpc) is 2.54. The van der Waals surface area contributed by atoms with E-state index in [4.69, 9.17) is 9.47 Å². The van der Waals surface area contributed by atoms with Crippen LogP contribution in [0.3, 0.4) is 0 Å². The normalized spacial score (nSPS) is 17.7. The maximum absolute atomic E-state index is 12.9. The van der Waals surface area contributed by atoms with Crippen LogP contribution in [-0.2, 0) is 14.3 Å². The Morgan fingerprint density at radius 2 is 2.08 bits per heavy atom. The van der Waals surface area contributed by atoms with E-state index >= 15 is 0 Å². The van der Waals surface area contributed by atoms with Crippen molar-refractivity contribution in [1.29, 1.82) is 0 Å². The van der Waals surface area contributed by atoms with Crippen LogP contribution in [0.5, 0.6) is 5.75 Å². The first-order valence-corrected chi connectivity index (χ1v) is 8.72. The first-order valence-electron chi connectivity index (χ1n) is 8.72. The van der Waals surface area contributed by atoms with Gasteiger partial charge in [0.05, 0.1) is 37.8 Å². The molecule has 25 heavy (non-hydrogen) atoms. The number of nitrogens with one attached hydrogen (secondary N) is 1. The summed E-state index contributed by atoms with van der Waals surface area (Å²) in [5.74, 6) is 0.515. The summed E-state index contributed by atoms with van der Waals surface area (Å²) in [5.41, 5.74) is 0.467. The van der Waals surface area contributed by atoms with Gasteiger partial charge < -0.3 is 19.7 Å². The maximum Gasteiger partial charge on any atom is 0.225 e. The molecule has 1 atom stereocenters. The molecule has 1 saturated heterocycles. The van der Waals surface area contributed by atoms with Crippen molar-refractivity contribution in [3.8, 4) is 5.75 Å². The molecule has 0 radical (unpaired) electrons. The lowest BCUT2D eigenvalue weighted by Gasteiger charge is -2.42. The van der Waals surface area contributed by atoms with Gasteiger partial charge in [0.25, 0.3) is 0 Å². The summed E-state index contributed by atoms with van der Waals surface area (Å²) in [6.45, 7) is 9.48. The summed E-state index contributed by atoms with van der Waals surface area (Å²) < 4.78 is 11.2. The third-order valence-electron chi connectivity index (χ3n) is 4.30. The van der Waals surface area contributed by atoms with E-state index < -0.39 is 6.04 Å². The molecule has 0 aromatic heterocycles. The van der Waals surface area contributed by atoms with Crippen LogP contribution in [-0.4, -0.2) is 48.6 Å². The zero-order valence-corrected chi connectivity index (χ0v) is 15.5. The summed E-state index contributed by atoms with van der Waals surface area (Å²) >= 11 is 0. The molecule has 6 heteroatoms. The molecule has 1 aliphatic heterocycles. The number of morpholine rings is 1.